The fourth-order valence-corrected chi connectivity index (χ4v) is 3.72. The maximum atomic E-state index is 12.5. The summed E-state index contributed by atoms with van der Waals surface area (Å²) < 4.78 is 5.77. The Kier molecular flexibility index (Phi) is 11.6. The van der Waals surface area contributed by atoms with Gasteiger partial charge in [0.2, 0.25) is 0 Å². The minimum absolute atomic E-state index is 0.0968. The Morgan fingerprint density at radius 2 is 1.70 bits per heavy atom. The average molecular weight is 453 g/mol. The summed E-state index contributed by atoms with van der Waals surface area (Å²) in [7, 11) is 0. The topological polar surface area (TPSA) is 66.8 Å². The van der Waals surface area contributed by atoms with Crippen LogP contribution in [0, 0.1) is 11.8 Å². The van der Waals surface area contributed by atoms with Crippen LogP contribution in [-0.4, -0.2) is 22.6 Å². The Balaban J connectivity index is 1.84. The second-order valence-electron chi connectivity index (χ2n) is 9.27. The number of rotatable bonds is 15. The molecule has 0 aromatic heterocycles. The number of ketones is 1. The van der Waals surface area contributed by atoms with Gasteiger partial charge in [-0.15, -0.1) is 0 Å². The van der Waals surface area contributed by atoms with Gasteiger partial charge in [-0.2, -0.15) is 0 Å². The van der Waals surface area contributed by atoms with Crippen LogP contribution in [0.3, 0.4) is 0 Å². The van der Waals surface area contributed by atoms with Gasteiger partial charge in [0.1, 0.15) is 5.75 Å². The van der Waals surface area contributed by atoms with E-state index in [4.69, 9.17) is 4.74 Å². The first-order valence-electron chi connectivity index (χ1n) is 12.3. The fourth-order valence-electron chi connectivity index (χ4n) is 3.72. The SMILES string of the molecule is CCCC[C@H](C=CC(=O)CCc1ccc(O)c(OCCc2ccc(O)cc2)c1)CCC(C)C. The van der Waals surface area contributed by atoms with E-state index in [9.17, 15) is 15.0 Å². The van der Waals surface area contributed by atoms with E-state index in [1.165, 1.54) is 19.3 Å². The molecule has 4 heteroatoms. The zero-order chi connectivity index (χ0) is 24.1. The van der Waals surface area contributed by atoms with E-state index in [-0.39, 0.29) is 17.3 Å². The van der Waals surface area contributed by atoms with Crippen molar-refractivity contribution in [1.29, 1.82) is 0 Å². The molecule has 33 heavy (non-hydrogen) atoms. The molecule has 0 amide bonds. The lowest BCUT2D eigenvalue weighted by Gasteiger charge is -2.13. The lowest BCUT2D eigenvalue weighted by atomic mass is 9.92. The number of hydrogen-bond donors (Lipinski definition) is 2. The second-order valence-corrected chi connectivity index (χ2v) is 9.27. The van der Waals surface area contributed by atoms with Gasteiger partial charge in [0.05, 0.1) is 6.61 Å². The number of aryl methyl sites for hydroxylation is 1. The highest BCUT2D eigenvalue weighted by Gasteiger charge is 2.09. The van der Waals surface area contributed by atoms with Crippen LogP contribution in [0.25, 0.3) is 0 Å². The van der Waals surface area contributed by atoms with Crippen LogP contribution in [0.15, 0.2) is 54.6 Å². The minimum Gasteiger partial charge on any atom is -0.508 e. The Labute approximate surface area is 199 Å². The van der Waals surface area contributed by atoms with Crippen molar-refractivity contribution in [1.82, 2.24) is 0 Å². The van der Waals surface area contributed by atoms with Crippen LogP contribution >= 0.6 is 0 Å². The minimum atomic E-state index is 0.0968. The highest BCUT2D eigenvalue weighted by atomic mass is 16.5. The molecule has 0 aliphatic heterocycles. The van der Waals surface area contributed by atoms with Gasteiger partial charge < -0.3 is 14.9 Å². The highest BCUT2D eigenvalue weighted by molar-refractivity contribution is 5.89. The smallest absolute Gasteiger partial charge is 0.161 e. The molecule has 2 aromatic carbocycles. The van der Waals surface area contributed by atoms with Crippen molar-refractivity contribution in [2.24, 2.45) is 11.8 Å². The Morgan fingerprint density at radius 1 is 0.970 bits per heavy atom. The number of carbonyl (C=O) groups is 1. The first-order valence-corrected chi connectivity index (χ1v) is 12.3. The predicted octanol–water partition coefficient (Wildman–Crippen LogP) is 7.02. The third kappa shape index (κ3) is 10.6. The first kappa shape index (κ1) is 26.5. The molecule has 2 rings (SSSR count). The van der Waals surface area contributed by atoms with Crippen molar-refractivity contribution in [3.05, 3.63) is 65.7 Å². The van der Waals surface area contributed by atoms with Gasteiger partial charge in [-0.1, -0.05) is 64.3 Å². The van der Waals surface area contributed by atoms with E-state index in [0.29, 0.717) is 43.5 Å². The fraction of sp³-hybridized carbons (Fsp3) is 0.483. The zero-order valence-corrected chi connectivity index (χ0v) is 20.4. The van der Waals surface area contributed by atoms with Gasteiger partial charge in [0.15, 0.2) is 17.3 Å². The molecule has 0 saturated carbocycles. The van der Waals surface area contributed by atoms with Gasteiger partial charge in [-0.3, -0.25) is 4.79 Å². The van der Waals surface area contributed by atoms with E-state index < -0.39 is 0 Å². The van der Waals surface area contributed by atoms with Crippen LogP contribution in [0.5, 0.6) is 17.2 Å². The molecule has 180 valence electrons. The molecule has 0 bridgehead atoms. The van der Waals surface area contributed by atoms with Crippen molar-refractivity contribution < 1.29 is 19.7 Å². The number of aromatic hydroxyl groups is 2. The van der Waals surface area contributed by atoms with Gasteiger partial charge in [-0.25, -0.2) is 0 Å². The number of allylic oxidation sites excluding steroid dienone is 2. The summed E-state index contributed by atoms with van der Waals surface area (Å²) in [6.45, 7) is 7.11. The molecule has 4 nitrogen and oxygen atoms in total. The molecule has 0 unspecified atom stereocenters. The summed E-state index contributed by atoms with van der Waals surface area (Å²) in [5, 5.41) is 19.5. The van der Waals surface area contributed by atoms with Gasteiger partial charge in [-0.05, 0) is 72.6 Å². The van der Waals surface area contributed by atoms with Crippen molar-refractivity contribution in [3.8, 4) is 17.2 Å². The maximum Gasteiger partial charge on any atom is 0.161 e. The summed E-state index contributed by atoms with van der Waals surface area (Å²) in [6, 6.07) is 12.3. The summed E-state index contributed by atoms with van der Waals surface area (Å²) >= 11 is 0. The van der Waals surface area contributed by atoms with E-state index >= 15 is 0 Å². The third-order valence-corrected chi connectivity index (χ3v) is 5.87. The Hall–Kier alpha value is -2.75. The Morgan fingerprint density at radius 3 is 2.39 bits per heavy atom. The van der Waals surface area contributed by atoms with Crippen LogP contribution in [0.1, 0.15) is 70.4 Å². The largest absolute Gasteiger partial charge is 0.508 e. The molecule has 1 atom stereocenters. The molecular formula is C29H40O4. The summed E-state index contributed by atoms with van der Waals surface area (Å²) in [5.41, 5.74) is 2.02. The number of hydrogen-bond acceptors (Lipinski definition) is 4. The summed E-state index contributed by atoms with van der Waals surface area (Å²) in [6.07, 6.45) is 11.5. The molecule has 0 radical (unpaired) electrons. The van der Waals surface area contributed by atoms with Crippen molar-refractivity contribution in [2.75, 3.05) is 6.61 Å². The molecule has 0 aliphatic carbocycles. The number of phenols is 2. The zero-order valence-electron chi connectivity index (χ0n) is 20.4. The highest BCUT2D eigenvalue weighted by Crippen LogP contribution is 2.28. The molecule has 2 aromatic rings. The lowest BCUT2D eigenvalue weighted by Crippen LogP contribution is -2.03. The number of phenolic OH excluding ortho intramolecular Hbond substituents is 2. The first-order chi connectivity index (χ1) is 15.9. The van der Waals surface area contributed by atoms with Gasteiger partial charge in [0, 0.05) is 12.8 Å². The monoisotopic (exact) mass is 452 g/mol. The van der Waals surface area contributed by atoms with E-state index in [1.54, 1.807) is 24.3 Å². The maximum absolute atomic E-state index is 12.5. The van der Waals surface area contributed by atoms with E-state index in [0.717, 1.165) is 24.0 Å². The van der Waals surface area contributed by atoms with Crippen LogP contribution in [0.4, 0.5) is 0 Å². The van der Waals surface area contributed by atoms with Crippen molar-refractivity contribution in [2.45, 2.75) is 72.1 Å². The predicted molar refractivity (Wildman–Crippen MR) is 135 cm³/mol. The number of carbonyl (C=O) groups excluding carboxylic acids is 1. The number of ether oxygens (including phenoxy) is 1. The molecule has 2 N–H and O–H groups in total. The van der Waals surface area contributed by atoms with Gasteiger partial charge in [0.25, 0.3) is 0 Å². The van der Waals surface area contributed by atoms with Crippen LogP contribution < -0.4 is 4.74 Å². The van der Waals surface area contributed by atoms with Gasteiger partial charge >= 0.3 is 0 Å². The van der Waals surface area contributed by atoms with Crippen LogP contribution in [-0.2, 0) is 17.6 Å². The average Bonchev–Trinajstić information content (AvgIpc) is 2.80. The standard InChI is InChI=1S/C29H40O4/c1-4-5-6-23(8-7-22(2)3)9-14-27(31)17-12-25-13-18-28(32)29(21-25)33-20-19-24-10-15-26(30)16-11-24/h9-11,13-16,18,21-23,30,32H,4-8,12,17,19-20H2,1-3H3/t23-/m0/s1. The molecule has 0 saturated heterocycles. The molecular weight excluding hydrogens is 412 g/mol. The Bertz CT molecular complexity index is 868. The molecule has 0 aliphatic rings. The van der Waals surface area contributed by atoms with E-state index in [1.807, 2.05) is 24.3 Å². The molecule has 0 heterocycles. The van der Waals surface area contributed by atoms with E-state index in [2.05, 4.69) is 26.8 Å². The second kappa shape index (κ2) is 14.4. The lowest BCUT2D eigenvalue weighted by molar-refractivity contribution is -0.114. The third-order valence-electron chi connectivity index (χ3n) is 5.87. The quantitative estimate of drug-likeness (QED) is 0.285. The van der Waals surface area contributed by atoms with Crippen molar-refractivity contribution >= 4 is 5.78 Å². The molecule has 0 fully saturated rings. The summed E-state index contributed by atoms with van der Waals surface area (Å²) in [4.78, 5) is 12.5. The van der Waals surface area contributed by atoms with Crippen molar-refractivity contribution in [3.63, 3.8) is 0 Å². The number of benzene rings is 2. The molecule has 0 spiro atoms. The summed E-state index contributed by atoms with van der Waals surface area (Å²) in [5.74, 6) is 2.08. The van der Waals surface area contributed by atoms with Crippen LogP contribution in [0.2, 0.25) is 0 Å². The number of unbranched alkanes of at least 4 members (excludes halogenated alkanes) is 1. The normalized spacial score (nSPS) is 12.4.